The zero-order valence-electron chi connectivity index (χ0n) is 9.93. The van der Waals surface area contributed by atoms with Crippen molar-refractivity contribution in [3.05, 3.63) is 0 Å². The molecule has 0 amide bonds. The molecule has 0 aromatic rings. The maximum Gasteiger partial charge on any atom is 0.321 e. The van der Waals surface area contributed by atoms with Gasteiger partial charge in [0.1, 0.15) is 5.66 Å². The standard InChI is InChI=1S/C10H17O4PS/c1-5-14-10(12)9(15-13)6(2)7(3)16-8(4)11/h6-7,9H,5H2,1-4H3. The molecule has 92 valence electrons. The number of carbonyl (C=O) groups excluding carboxylic acids is 2. The van der Waals surface area contributed by atoms with E-state index < -0.39 is 11.6 Å². The van der Waals surface area contributed by atoms with Crippen molar-refractivity contribution < 1.29 is 18.9 Å². The second-order valence-corrected chi connectivity index (χ2v) is 5.80. The Morgan fingerprint density at radius 1 is 1.38 bits per heavy atom. The quantitative estimate of drug-likeness (QED) is 0.545. The zero-order chi connectivity index (χ0) is 12.7. The van der Waals surface area contributed by atoms with Crippen LogP contribution in [0.2, 0.25) is 0 Å². The molecule has 0 rings (SSSR count). The third-order valence-corrected chi connectivity index (χ3v) is 4.27. The highest BCUT2D eigenvalue weighted by atomic mass is 32.2. The molecule has 0 aliphatic carbocycles. The molecule has 0 spiro atoms. The molecule has 0 aliphatic rings. The van der Waals surface area contributed by atoms with E-state index in [1.54, 1.807) is 13.8 Å². The number of ether oxygens (including phenoxy) is 1. The van der Waals surface area contributed by atoms with Gasteiger partial charge in [-0.15, -0.1) is 0 Å². The Morgan fingerprint density at radius 2 is 1.94 bits per heavy atom. The fourth-order valence-electron chi connectivity index (χ4n) is 1.21. The van der Waals surface area contributed by atoms with Gasteiger partial charge in [-0.1, -0.05) is 25.6 Å². The summed E-state index contributed by atoms with van der Waals surface area (Å²) in [5.41, 5.74) is -0.693. The average molecular weight is 264 g/mol. The molecule has 0 fully saturated rings. The average Bonchev–Trinajstić information content (AvgIpc) is 2.17. The fraction of sp³-hybridized carbons (Fsp3) is 0.800. The molecular formula is C10H17O4PS. The molecule has 16 heavy (non-hydrogen) atoms. The predicted octanol–water partition coefficient (Wildman–Crippen LogP) is 2.51. The highest BCUT2D eigenvalue weighted by Crippen LogP contribution is 2.29. The Labute approximate surface area is 102 Å². The normalized spacial score (nSPS) is 16.5. The predicted molar refractivity (Wildman–Crippen MR) is 64.9 cm³/mol. The number of esters is 1. The Kier molecular flexibility index (Phi) is 7.60. The highest BCUT2D eigenvalue weighted by Gasteiger charge is 2.31. The number of hydrogen-bond donors (Lipinski definition) is 0. The van der Waals surface area contributed by atoms with Crippen LogP contribution in [0.3, 0.4) is 0 Å². The Hall–Kier alpha value is -0.410. The summed E-state index contributed by atoms with van der Waals surface area (Å²) >= 11 is 1.15. The lowest BCUT2D eigenvalue weighted by Crippen LogP contribution is -2.30. The monoisotopic (exact) mass is 264 g/mol. The van der Waals surface area contributed by atoms with Gasteiger partial charge in [0.05, 0.1) is 6.61 Å². The van der Waals surface area contributed by atoms with Gasteiger partial charge < -0.3 is 4.74 Å². The van der Waals surface area contributed by atoms with E-state index in [1.807, 2.05) is 6.92 Å². The van der Waals surface area contributed by atoms with Crippen molar-refractivity contribution in [3.8, 4) is 0 Å². The van der Waals surface area contributed by atoms with E-state index in [-0.39, 0.29) is 31.4 Å². The summed E-state index contributed by atoms with van der Waals surface area (Å²) in [5, 5.41) is -0.0714. The molecule has 3 atom stereocenters. The molecule has 0 saturated carbocycles. The summed E-state index contributed by atoms with van der Waals surface area (Å²) in [4.78, 5) is 22.4. The second-order valence-electron chi connectivity index (χ2n) is 3.48. The number of hydrogen-bond acceptors (Lipinski definition) is 5. The molecule has 0 radical (unpaired) electrons. The van der Waals surface area contributed by atoms with Crippen molar-refractivity contribution in [1.82, 2.24) is 0 Å². The van der Waals surface area contributed by atoms with Crippen molar-refractivity contribution in [2.24, 2.45) is 5.92 Å². The minimum Gasteiger partial charge on any atom is -0.465 e. The van der Waals surface area contributed by atoms with E-state index in [9.17, 15) is 14.2 Å². The van der Waals surface area contributed by atoms with Crippen LogP contribution >= 0.6 is 20.2 Å². The highest BCUT2D eigenvalue weighted by molar-refractivity contribution is 8.14. The van der Waals surface area contributed by atoms with E-state index in [4.69, 9.17) is 4.74 Å². The van der Waals surface area contributed by atoms with Crippen LogP contribution in [-0.2, 0) is 18.9 Å². The van der Waals surface area contributed by atoms with Crippen LogP contribution in [0.25, 0.3) is 0 Å². The van der Waals surface area contributed by atoms with Gasteiger partial charge in [0, 0.05) is 12.2 Å². The summed E-state index contributed by atoms with van der Waals surface area (Å²) in [6.45, 7) is 7.09. The smallest absolute Gasteiger partial charge is 0.321 e. The molecule has 3 unspecified atom stereocenters. The third-order valence-electron chi connectivity index (χ3n) is 2.23. The Bertz CT molecular complexity index is 270. The molecular weight excluding hydrogens is 247 g/mol. The second kappa shape index (κ2) is 7.80. The molecule has 0 N–H and O–H groups in total. The molecule has 0 saturated heterocycles. The Balaban J connectivity index is 4.51. The number of thioether (sulfide) groups is 1. The molecule has 4 nitrogen and oxygen atoms in total. The topological polar surface area (TPSA) is 60.4 Å². The molecule has 0 heterocycles. The van der Waals surface area contributed by atoms with E-state index in [1.165, 1.54) is 6.92 Å². The first-order chi connectivity index (χ1) is 7.43. The van der Waals surface area contributed by atoms with Gasteiger partial charge in [-0.3, -0.25) is 14.2 Å². The van der Waals surface area contributed by atoms with E-state index in [2.05, 4.69) is 0 Å². The molecule has 0 bridgehead atoms. The van der Waals surface area contributed by atoms with Crippen molar-refractivity contribution >= 4 is 31.3 Å². The van der Waals surface area contributed by atoms with Crippen molar-refractivity contribution in [2.45, 2.75) is 38.6 Å². The van der Waals surface area contributed by atoms with Crippen molar-refractivity contribution in [2.75, 3.05) is 6.61 Å². The SMILES string of the molecule is CCOC(=O)C(P=O)C(C)C(C)SC(C)=O. The fourth-order valence-corrected chi connectivity index (χ4v) is 2.83. The van der Waals surface area contributed by atoms with Crippen LogP contribution in [0, 0.1) is 5.92 Å². The van der Waals surface area contributed by atoms with Gasteiger partial charge in [-0.05, 0) is 12.8 Å². The van der Waals surface area contributed by atoms with E-state index in [0.717, 1.165) is 11.8 Å². The maximum atomic E-state index is 11.5. The maximum absolute atomic E-state index is 11.5. The minimum absolute atomic E-state index is 0.00970. The van der Waals surface area contributed by atoms with Crippen LogP contribution in [0.1, 0.15) is 27.7 Å². The number of rotatable bonds is 6. The van der Waals surface area contributed by atoms with Gasteiger partial charge in [-0.25, -0.2) is 0 Å². The third kappa shape index (κ3) is 5.08. The van der Waals surface area contributed by atoms with Gasteiger partial charge in [-0.2, -0.15) is 0 Å². The molecule has 0 aromatic heterocycles. The first-order valence-corrected chi connectivity index (χ1v) is 6.86. The van der Waals surface area contributed by atoms with Crippen LogP contribution in [0.4, 0.5) is 0 Å². The lowest BCUT2D eigenvalue weighted by Gasteiger charge is -2.21. The Morgan fingerprint density at radius 3 is 2.31 bits per heavy atom. The lowest BCUT2D eigenvalue weighted by molar-refractivity contribution is -0.143. The summed E-state index contributed by atoms with van der Waals surface area (Å²) in [6, 6.07) is 0. The van der Waals surface area contributed by atoms with Gasteiger partial charge in [0.2, 0.25) is 0 Å². The summed E-state index contributed by atoms with van der Waals surface area (Å²) in [6.07, 6.45) is 0. The lowest BCUT2D eigenvalue weighted by atomic mass is 10.0. The first-order valence-electron chi connectivity index (χ1n) is 5.10. The van der Waals surface area contributed by atoms with Gasteiger partial charge in [0.15, 0.2) is 13.6 Å². The summed E-state index contributed by atoms with van der Waals surface area (Å²) in [5.74, 6) is -0.644. The van der Waals surface area contributed by atoms with E-state index >= 15 is 0 Å². The summed E-state index contributed by atoms with van der Waals surface area (Å²) in [7, 11) is -0.254. The van der Waals surface area contributed by atoms with Crippen molar-refractivity contribution in [3.63, 3.8) is 0 Å². The molecule has 0 aliphatic heterocycles. The molecule has 6 heteroatoms. The zero-order valence-corrected chi connectivity index (χ0v) is 11.6. The first kappa shape index (κ1) is 15.6. The summed E-state index contributed by atoms with van der Waals surface area (Å²) < 4.78 is 15.8. The van der Waals surface area contributed by atoms with Crippen LogP contribution in [0.15, 0.2) is 0 Å². The molecule has 0 aromatic carbocycles. The van der Waals surface area contributed by atoms with Crippen molar-refractivity contribution in [1.29, 1.82) is 0 Å². The van der Waals surface area contributed by atoms with Gasteiger partial charge in [0.25, 0.3) is 0 Å². The van der Waals surface area contributed by atoms with Crippen LogP contribution < -0.4 is 0 Å². The van der Waals surface area contributed by atoms with Crippen LogP contribution in [-0.4, -0.2) is 28.6 Å². The van der Waals surface area contributed by atoms with E-state index in [0.29, 0.717) is 0 Å². The van der Waals surface area contributed by atoms with Gasteiger partial charge >= 0.3 is 5.97 Å². The largest absolute Gasteiger partial charge is 0.465 e. The minimum atomic E-state index is -0.693. The number of carbonyl (C=O) groups is 2. The van der Waals surface area contributed by atoms with Crippen LogP contribution in [0.5, 0.6) is 0 Å².